The van der Waals surface area contributed by atoms with Crippen molar-refractivity contribution < 1.29 is 9.53 Å². The SMILES string of the molecule is CC(C)(C)OC(=O)N1CC[C@H]2CNC[C@@H]21. The Hall–Kier alpha value is -0.770. The number of hydrogen-bond acceptors (Lipinski definition) is 3. The number of rotatable bonds is 0. The van der Waals surface area contributed by atoms with Crippen molar-refractivity contribution in [2.24, 2.45) is 5.92 Å². The molecule has 86 valence electrons. The smallest absolute Gasteiger partial charge is 0.410 e. The molecule has 0 unspecified atom stereocenters. The molecule has 2 heterocycles. The lowest BCUT2D eigenvalue weighted by molar-refractivity contribution is 0.0227. The van der Waals surface area contributed by atoms with Crippen LogP contribution in [0.5, 0.6) is 0 Å². The molecule has 4 heteroatoms. The highest BCUT2D eigenvalue weighted by Crippen LogP contribution is 2.28. The predicted octanol–water partition coefficient (Wildman–Crippen LogP) is 1.22. The Bertz CT molecular complexity index is 260. The summed E-state index contributed by atoms with van der Waals surface area (Å²) >= 11 is 0. The average Bonchev–Trinajstić information content (AvgIpc) is 2.57. The zero-order chi connectivity index (χ0) is 11.1. The molecule has 1 amide bonds. The highest BCUT2D eigenvalue weighted by atomic mass is 16.6. The minimum Gasteiger partial charge on any atom is -0.444 e. The van der Waals surface area contributed by atoms with E-state index in [0.29, 0.717) is 12.0 Å². The van der Waals surface area contributed by atoms with Crippen LogP contribution in [0.4, 0.5) is 4.79 Å². The lowest BCUT2D eigenvalue weighted by Crippen LogP contribution is -2.42. The molecule has 2 atom stereocenters. The third-order valence-electron chi connectivity index (χ3n) is 3.07. The van der Waals surface area contributed by atoms with Crippen LogP contribution in [0.15, 0.2) is 0 Å². The molecule has 0 aliphatic carbocycles. The predicted molar refractivity (Wildman–Crippen MR) is 57.7 cm³/mol. The molecular weight excluding hydrogens is 192 g/mol. The summed E-state index contributed by atoms with van der Waals surface area (Å²) in [6.07, 6.45) is 0.954. The number of ether oxygens (including phenoxy) is 1. The van der Waals surface area contributed by atoms with Gasteiger partial charge in [-0.1, -0.05) is 0 Å². The Kier molecular flexibility index (Phi) is 2.63. The second-order valence-corrected chi connectivity index (χ2v) is 5.45. The van der Waals surface area contributed by atoms with Crippen LogP contribution in [-0.2, 0) is 4.74 Å². The number of carbonyl (C=O) groups is 1. The van der Waals surface area contributed by atoms with E-state index in [1.165, 1.54) is 0 Å². The number of amides is 1. The molecule has 0 aromatic rings. The lowest BCUT2D eigenvalue weighted by Gasteiger charge is -2.27. The Morgan fingerprint density at radius 2 is 2.13 bits per heavy atom. The fourth-order valence-electron chi connectivity index (χ4n) is 2.40. The van der Waals surface area contributed by atoms with Gasteiger partial charge < -0.3 is 15.0 Å². The van der Waals surface area contributed by atoms with Crippen molar-refractivity contribution in [2.75, 3.05) is 19.6 Å². The Labute approximate surface area is 91.0 Å². The summed E-state index contributed by atoms with van der Waals surface area (Å²) in [4.78, 5) is 13.8. The number of nitrogens with zero attached hydrogens (tertiary/aromatic N) is 1. The van der Waals surface area contributed by atoms with Crippen molar-refractivity contribution in [1.29, 1.82) is 0 Å². The Morgan fingerprint density at radius 1 is 1.40 bits per heavy atom. The van der Waals surface area contributed by atoms with E-state index in [1.807, 2.05) is 25.7 Å². The van der Waals surface area contributed by atoms with Gasteiger partial charge in [0.2, 0.25) is 0 Å². The van der Waals surface area contributed by atoms with Crippen molar-refractivity contribution in [2.45, 2.75) is 38.8 Å². The number of carbonyl (C=O) groups excluding carboxylic acids is 1. The Morgan fingerprint density at radius 3 is 2.80 bits per heavy atom. The van der Waals surface area contributed by atoms with Gasteiger partial charge in [-0.25, -0.2) is 4.79 Å². The van der Waals surface area contributed by atoms with E-state index in [0.717, 1.165) is 26.1 Å². The zero-order valence-electron chi connectivity index (χ0n) is 9.75. The largest absolute Gasteiger partial charge is 0.444 e. The van der Waals surface area contributed by atoms with Crippen molar-refractivity contribution in [3.05, 3.63) is 0 Å². The lowest BCUT2D eigenvalue weighted by atomic mass is 10.1. The third kappa shape index (κ3) is 2.25. The molecule has 2 saturated heterocycles. The van der Waals surface area contributed by atoms with Gasteiger partial charge in [0, 0.05) is 19.6 Å². The normalized spacial score (nSPS) is 30.5. The topological polar surface area (TPSA) is 41.6 Å². The molecule has 2 aliphatic rings. The van der Waals surface area contributed by atoms with Crippen molar-refractivity contribution in [3.8, 4) is 0 Å². The van der Waals surface area contributed by atoms with Crippen LogP contribution >= 0.6 is 0 Å². The maximum atomic E-state index is 11.9. The highest BCUT2D eigenvalue weighted by molar-refractivity contribution is 5.69. The van der Waals surface area contributed by atoms with Crippen molar-refractivity contribution in [3.63, 3.8) is 0 Å². The fraction of sp³-hybridized carbons (Fsp3) is 0.909. The zero-order valence-corrected chi connectivity index (χ0v) is 9.75. The summed E-state index contributed by atoms with van der Waals surface area (Å²) < 4.78 is 5.39. The number of hydrogen-bond donors (Lipinski definition) is 1. The average molecular weight is 212 g/mol. The van der Waals surface area contributed by atoms with Gasteiger partial charge in [-0.3, -0.25) is 0 Å². The molecule has 0 aromatic carbocycles. The second kappa shape index (κ2) is 3.67. The maximum absolute atomic E-state index is 11.9. The first-order chi connectivity index (χ1) is 6.97. The quantitative estimate of drug-likeness (QED) is 0.656. The van der Waals surface area contributed by atoms with Gasteiger partial charge in [0.15, 0.2) is 0 Å². The summed E-state index contributed by atoms with van der Waals surface area (Å²) in [5, 5.41) is 3.32. The van der Waals surface area contributed by atoms with Crippen LogP contribution in [0, 0.1) is 5.92 Å². The summed E-state index contributed by atoms with van der Waals surface area (Å²) in [7, 11) is 0. The second-order valence-electron chi connectivity index (χ2n) is 5.45. The van der Waals surface area contributed by atoms with Crippen LogP contribution in [0.3, 0.4) is 0 Å². The van der Waals surface area contributed by atoms with E-state index in [1.54, 1.807) is 0 Å². The maximum Gasteiger partial charge on any atom is 0.410 e. The minimum absolute atomic E-state index is 0.154. The molecule has 2 rings (SSSR count). The minimum atomic E-state index is -0.388. The van der Waals surface area contributed by atoms with Gasteiger partial charge in [-0.15, -0.1) is 0 Å². The van der Waals surface area contributed by atoms with Crippen LogP contribution in [0.1, 0.15) is 27.2 Å². The first-order valence-corrected chi connectivity index (χ1v) is 5.68. The van der Waals surface area contributed by atoms with Gasteiger partial charge >= 0.3 is 6.09 Å². The van der Waals surface area contributed by atoms with Gasteiger partial charge in [-0.05, 0) is 33.1 Å². The van der Waals surface area contributed by atoms with Gasteiger partial charge in [0.1, 0.15) is 5.60 Å². The summed E-state index contributed by atoms with van der Waals surface area (Å²) in [5.41, 5.74) is -0.388. The standard InChI is InChI=1S/C11H20N2O2/c1-11(2,3)15-10(14)13-5-4-8-6-12-7-9(8)13/h8-9,12H,4-7H2,1-3H3/t8-,9-/m0/s1. The molecule has 2 fully saturated rings. The molecule has 1 N–H and O–H groups in total. The van der Waals surface area contributed by atoms with E-state index >= 15 is 0 Å². The monoisotopic (exact) mass is 212 g/mol. The van der Waals surface area contributed by atoms with Crippen LogP contribution in [-0.4, -0.2) is 42.3 Å². The van der Waals surface area contributed by atoms with E-state index in [4.69, 9.17) is 4.74 Å². The molecule has 0 spiro atoms. The van der Waals surface area contributed by atoms with E-state index in [2.05, 4.69) is 5.32 Å². The van der Waals surface area contributed by atoms with Gasteiger partial charge in [0.05, 0.1) is 6.04 Å². The molecule has 0 bridgehead atoms. The third-order valence-corrected chi connectivity index (χ3v) is 3.07. The van der Waals surface area contributed by atoms with E-state index in [9.17, 15) is 4.79 Å². The van der Waals surface area contributed by atoms with Gasteiger partial charge in [-0.2, -0.15) is 0 Å². The van der Waals surface area contributed by atoms with Crippen LogP contribution in [0.2, 0.25) is 0 Å². The Balaban J connectivity index is 1.96. The number of fused-ring (bicyclic) bond motifs is 1. The van der Waals surface area contributed by atoms with Crippen LogP contribution < -0.4 is 5.32 Å². The molecular formula is C11H20N2O2. The summed E-state index contributed by atoms with van der Waals surface area (Å²) in [6.45, 7) is 8.54. The molecule has 0 aromatic heterocycles. The highest BCUT2D eigenvalue weighted by Gasteiger charge is 2.41. The molecule has 15 heavy (non-hydrogen) atoms. The summed E-state index contributed by atoms with van der Waals surface area (Å²) in [6, 6.07) is 0.361. The molecule has 2 aliphatic heterocycles. The first kappa shape index (κ1) is 10.7. The molecule has 0 radical (unpaired) electrons. The summed E-state index contributed by atoms with van der Waals surface area (Å²) in [5.74, 6) is 0.637. The first-order valence-electron chi connectivity index (χ1n) is 5.68. The van der Waals surface area contributed by atoms with E-state index in [-0.39, 0.29) is 11.7 Å². The fourth-order valence-corrected chi connectivity index (χ4v) is 2.40. The van der Waals surface area contributed by atoms with E-state index < -0.39 is 0 Å². The van der Waals surface area contributed by atoms with Crippen molar-refractivity contribution >= 4 is 6.09 Å². The number of nitrogens with one attached hydrogen (secondary N) is 1. The van der Waals surface area contributed by atoms with Crippen molar-refractivity contribution in [1.82, 2.24) is 10.2 Å². The van der Waals surface area contributed by atoms with Gasteiger partial charge in [0.25, 0.3) is 0 Å². The molecule has 4 nitrogen and oxygen atoms in total. The van der Waals surface area contributed by atoms with Crippen LogP contribution in [0.25, 0.3) is 0 Å². The molecule has 0 saturated carbocycles. The number of likely N-dealkylation sites (tertiary alicyclic amines) is 1.